The third-order valence-electron chi connectivity index (χ3n) is 5.36. The molecule has 1 aliphatic carbocycles. The Hall–Kier alpha value is -2.47. The van der Waals surface area contributed by atoms with Crippen LogP contribution in [0.3, 0.4) is 0 Å². The molecule has 0 saturated carbocycles. The average molecular weight is 383 g/mol. The van der Waals surface area contributed by atoms with Crippen LogP contribution in [0.15, 0.2) is 24.3 Å². The third kappa shape index (κ3) is 3.41. The van der Waals surface area contributed by atoms with Gasteiger partial charge in [0, 0.05) is 16.1 Å². The van der Waals surface area contributed by atoms with Gasteiger partial charge >= 0.3 is 5.97 Å². The Morgan fingerprint density at radius 2 is 2.07 bits per heavy atom. The predicted octanol–water partition coefficient (Wildman–Crippen LogP) is 3.97. The van der Waals surface area contributed by atoms with E-state index in [2.05, 4.69) is 12.2 Å². The van der Waals surface area contributed by atoms with E-state index in [-0.39, 0.29) is 24.2 Å². The minimum absolute atomic E-state index is 0.0722. The molecule has 0 saturated heterocycles. The van der Waals surface area contributed by atoms with Gasteiger partial charge in [0.1, 0.15) is 4.88 Å². The molecule has 0 bridgehead atoms. The van der Waals surface area contributed by atoms with Crippen LogP contribution in [-0.2, 0) is 22.4 Å². The normalized spacial score (nSPS) is 20.6. The van der Waals surface area contributed by atoms with Crippen molar-refractivity contribution in [3.05, 3.63) is 50.7 Å². The summed E-state index contributed by atoms with van der Waals surface area (Å²) in [6.07, 6.45) is 3.15. The highest BCUT2D eigenvalue weighted by Crippen LogP contribution is 2.34. The number of aryl methyl sites for hydroxylation is 1. The van der Waals surface area contributed by atoms with E-state index in [9.17, 15) is 14.4 Å². The zero-order valence-electron chi connectivity index (χ0n) is 15.3. The van der Waals surface area contributed by atoms with E-state index >= 15 is 0 Å². The molecule has 0 fully saturated rings. The lowest BCUT2D eigenvalue weighted by Gasteiger charge is -2.16. The molecule has 1 N–H and O–H groups in total. The number of amides is 1. The number of carbonyl (C=O) groups excluding carboxylic acids is 3. The Morgan fingerprint density at radius 3 is 2.89 bits per heavy atom. The number of thiophene rings is 1. The molecule has 0 spiro atoms. The van der Waals surface area contributed by atoms with Crippen molar-refractivity contribution in [2.45, 2.75) is 39.0 Å². The van der Waals surface area contributed by atoms with Crippen molar-refractivity contribution in [2.24, 2.45) is 5.92 Å². The molecule has 1 amide bonds. The summed E-state index contributed by atoms with van der Waals surface area (Å²) in [6, 6.07) is 7.00. The van der Waals surface area contributed by atoms with E-state index in [0.29, 0.717) is 16.4 Å². The van der Waals surface area contributed by atoms with Crippen LogP contribution in [0.25, 0.3) is 0 Å². The van der Waals surface area contributed by atoms with Gasteiger partial charge in [-0.1, -0.05) is 6.92 Å². The molecule has 4 rings (SSSR count). The lowest BCUT2D eigenvalue weighted by molar-refractivity contribution is -0.116. The topological polar surface area (TPSA) is 72.5 Å². The minimum atomic E-state index is -0.443. The van der Waals surface area contributed by atoms with Crippen LogP contribution in [0.2, 0.25) is 0 Å². The Morgan fingerprint density at radius 1 is 1.26 bits per heavy atom. The maximum absolute atomic E-state index is 12.4. The molecule has 2 aliphatic rings. The molecular weight excluding hydrogens is 362 g/mol. The number of carbonyl (C=O) groups is 3. The summed E-state index contributed by atoms with van der Waals surface area (Å²) in [5.41, 5.74) is 3.22. The van der Waals surface area contributed by atoms with Crippen LogP contribution in [0.4, 0.5) is 5.69 Å². The van der Waals surface area contributed by atoms with E-state index in [1.807, 2.05) is 6.07 Å². The second-order valence-corrected chi connectivity index (χ2v) is 8.56. The van der Waals surface area contributed by atoms with Gasteiger partial charge in [-0.25, -0.2) is 4.79 Å². The van der Waals surface area contributed by atoms with Gasteiger partial charge in [-0.05, 0) is 67.5 Å². The quantitative estimate of drug-likeness (QED) is 0.640. The van der Waals surface area contributed by atoms with Gasteiger partial charge in [0.25, 0.3) is 0 Å². The smallest absolute Gasteiger partial charge is 0.348 e. The number of esters is 1. The zero-order chi connectivity index (χ0) is 19.1. The van der Waals surface area contributed by atoms with Crippen molar-refractivity contribution in [1.29, 1.82) is 0 Å². The molecular formula is C21H21NO4S. The Labute approximate surface area is 161 Å². The van der Waals surface area contributed by atoms with Crippen molar-refractivity contribution in [1.82, 2.24) is 0 Å². The van der Waals surface area contributed by atoms with E-state index in [4.69, 9.17) is 4.74 Å². The number of ether oxygens (including phenoxy) is 1. The highest BCUT2D eigenvalue weighted by molar-refractivity contribution is 7.14. The number of nitrogens with one attached hydrogen (secondary N) is 1. The summed E-state index contributed by atoms with van der Waals surface area (Å²) < 4.78 is 5.26. The molecule has 2 heterocycles. The zero-order valence-corrected chi connectivity index (χ0v) is 16.2. The summed E-state index contributed by atoms with van der Waals surface area (Å²) in [5.74, 6) is -0.428. The Kier molecular flexibility index (Phi) is 4.60. The molecule has 6 heteroatoms. The van der Waals surface area contributed by atoms with Crippen molar-refractivity contribution >= 4 is 34.7 Å². The number of anilines is 1. The number of fused-ring (bicyclic) bond motifs is 2. The first-order valence-electron chi connectivity index (χ1n) is 9.19. The SMILES string of the molecule is C[C@H]1CCc2sc(C(=O)OCC(=O)c3ccc4c(c3)[C@H](C)C(=O)N4)cc2C1. The number of ketones is 1. The number of benzene rings is 1. The average Bonchev–Trinajstić information content (AvgIpc) is 3.20. The van der Waals surface area contributed by atoms with E-state index in [1.54, 1.807) is 25.1 Å². The molecule has 0 unspecified atom stereocenters. The first kappa shape index (κ1) is 17.9. The van der Waals surface area contributed by atoms with Gasteiger partial charge < -0.3 is 10.1 Å². The fourth-order valence-electron chi connectivity index (χ4n) is 3.68. The number of hydrogen-bond donors (Lipinski definition) is 1. The van der Waals surface area contributed by atoms with Crippen LogP contribution >= 0.6 is 11.3 Å². The Bertz CT molecular complexity index is 946. The standard InChI is InChI=1S/C21H21NO4S/c1-11-3-6-18-14(7-11)9-19(27-18)21(25)26-10-17(23)13-4-5-16-15(8-13)12(2)20(24)22-16/h4-5,8-9,11-12H,3,6-7,10H2,1-2H3,(H,22,24)/t11-,12-/m0/s1. The van der Waals surface area contributed by atoms with E-state index in [0.717, 1.165) is 30.5 Å². The lowest BCUT2D eigenvalue weighted by atomic mass is 9.90. The van der Waals surface area contributed by atoms with Crippen molar-refractivity contribution in [3.63, 3.8) is 0 Å². The minimum Gasteiger partial charge on any atom is -0.453 e. The molecule has 2 aromatic rings. The largest absolute Gasteiger partial charge is 0.453 e. The van der Waals surface area contributed by atoms with Gasteiger partial charge in [-0.3, -0.25) is 9.59 Å². The van der Waals surface area contributed by atoms with Gasteiger partial charge in [0.15, 0.2) is 12.4 Å². The number of rotatable bonds is 4. The Balaban J connectivity index is 1.41. The molecule has 2 atom stereocenters. The highest BCUT2D eigenvalue weighted by atomic mass is 32.1. The maximum Gasteiger partial charge on any atom is 0.348 e. The fraction of sp³-hybridized carbons (Fsp3) is 0.381. The first-order valence-corrected chi connectivity index (χ1v) is 10.0. The summed E-state index contributed by atoms with van der Waals surface area (Å²) in [5, 5.41) is 2.78. The van der Waals surface area contributed by atoms with Gasteiger partial charge in [0.2, 0.25) is 5.91 Å². The highest BCUT2D eigenvalue weighted by Gasteiger charge is 2.27. The van der Waals surface area contributed by atoms with Crippen LogP contribution in [-0.4, -0.2) is 24.3 Å². The third-order valence-corrected chi connectivity index (χ3v) is 6.57. The summed E-state index contributed by atoms with van der Waals surface area (Å²) in [4.78, 5) is 38.3. The van der Waals surface area contributed by atoms with Crippen LogP contribution < -0.4 is 5.32 Å². The molecule has 1 aliphatic heterocycles. The summed E-state index contributed by atoms with van der Waals surface area (Å²) >= 11 is 1.48. The lowest BCUT2D eigenvalue weighted by Crippen LogP contribution is -2.14. The van der Waals surface area contributed by atoms with Crippen LogP contribution in [0, 0.1) is 5.92 Å². The van der Waals surface area contributed by atoms with Gasteiger partial charge in [0.05, 0.1) is 5.92 Å². The van der Waals surface area contributed by atoms with Crippen LogP contribution in [0.5, 0.6) is 0 Å². The van der Waals surface area contributed by atoms with Crippen LogP contribution in [0.1, 0.15) is 62.2 Å². The number of hydrogen-bond acceptors (Lipinski definition) is 5. The van der Waals surface area contributed by atoms with Crippen molar-refractivity contribution in [3.8, 4) is 0 Å². The molecule has 140 valence electrons. The second kappa shape index (κ2) is 6.93. The molecule has 1 aromatic carbocycles. The molecule has 1 aromatic heterocycles. The van der Waals surface area contributed by atoms with Crippen molar-refractivity contribution in [2.75, 3.05) is 11.9 Å². The predicted molar refractivity (Wildman–Crippen MR) is 104 cm³/mol. The second-order valence-electron chi connectivity index (χ2n) is 7.42. The fourth-order valence-corrected chi connectivity index (χ4v) is 4.78. The van der Waals surface area contributed by atoms with Crippen molar-refractivity contribution < 1.29 is 19.1 Å². The first-order chi connectivity index (χ1) is 12.9. The maximum atomic E-state index is 12.4. The summed E-state index contributed by atoms with van der Waals surface area (Å²) in [6.45, 7) is 3.72. The molecule has 5 nitrogen and oxygen atoms in total. The summed E-state index contributed by atoms with van der Waals surface area (Å²) in [7, 11) is 0. The van der Waals surface area contributed by atoms with Gasteiger partial charge in [-0.2, -0.15) is 0 Å². The number of Topliss-reactive ketones (excluding diaryl/α,β-unsaturated/α-hetero) is 1. The van der Waals surface area contributed by atoms with E-state index in [1.165, 1.54) is 21.8 Å². The monoisotopic (exact) mass is 383 g/mol. The molecule has 27 heavy (non-hydrogen) atoms. The van der Waals surface area contributed by atoms with E-state index < -0.39 is 5.97 Å². The molecule has 0 radical (unpaired) electrons. The van der Waals surface area contributed by atoms with Gasteiger partial charge in [-0.15, -0.1) is 11.3 Å².